The Morgan fingerprint density at radius 3 is 2.94 bits per heavy atom. The number of aromatic amines is 1. The predicted octanol–water partition coefficient (Wildman–Crippen LogP) is -0.357. The Morgan fingerprint density at radius 1 is 1.50 bits per heavy atom. The molecule has 0 saturated carbocycles. The summed E-state index contributed by atoms with van der Waals surface area (Å²) in [6.07, 6.45) is 0.317. The number of methoxy groups -OCH3 is 1. The number of nitrogens with zero attached hydrogens (tertiary/aromatic N) is 1. The summed E-state index contributed by atoms with van der Waals surface area (Å²) >= 11 is 0. The van der Waals surface area contributed by atoms with Gasteiger partial charge in [0.1, 0.15) is 11.6 Å². The average Bonchev–Trinajstić information content (AvgIpc) is 2.28. The molecule has 0 radical (unpaired) electrons. The molecule has 0 aliphatic carbocycles. The molecule has 1 aromatic heterocycles. The summed E-state index contributed by atoms with van der Waals surface area (Å²) in [6, 6.07) is 1.36. The number of H-pyrrole nitrogens is 1. The second kappa shape index (κ2) is 7.44. The second-order valence-corrected chi connectivity index (χ2v) is 3.74. The van der Waals surface area contributed by atoms with Gasteiger partial charge >= 0.3 is 0 Å². The topological polar surface area (TPSA) is 96.1 Å². The largest absolute Gasteiger partial charge is 0.383 e. The quantitative estimate of drug-likeness (QED) is 0.578. The van der Waals surface area contributed by atoms with E-state index in [0.717, 1.165) is 0 Å². The molecule has 0 spiro atoms. The summed E-state index contributed by atoms with van der Waals surface area (Å²) in [5, 5.41) is 5.62. The monoisotopic (exact) mass is 254 g/mol. The number of anilines is 1. The van der Waals surface area contributed by atoms with Crippen LogP contribution in [0, 0.1) is 6.92 Å². The molecule has 0 aromatic carbocycles. The average molecular weight is 254 g/mol. The lowest BCUT2D eigenvalue weighted by Gasteiger charge is -2.06. The third kappa shape index (κ3) is 5.44. The molecule has 1 rings (SSSR count). The summed E-state index contributed by atoms with van der Waals surface area (Å²) < 4.78 is 4.81. The minimum Gasteiger partial charge on any atom is -0.383 e. The zero-order valence-corrected chi connectivity index (χ0v) is 10.6. The molecule has 0 aliphatic heterocycles. The molecule has 1 heterocycles. The normalized spacial score (nSPS) is 10.1. The fourth-order valence-electron chi connectivity index (χ4n) is 1.36. The van der Waals surface area contributed by atoms with E-state index < -0.39 is 0 Å². The number of amides is 1. The lowest BCUT2D eigenvalue weighted by molar-refractivity contribution is -0.121. The fourth-order valence-corrected chi connectivity index (χ4v) is 1.36. The molecule has 100 valence electrons. The van der Waals surface area contributed by atoms with Gasteiger partial charge in [-0.3, -0.25) is 9.59 Å². The molecular formula is C11H18N4O3. The number of aromatic nitrogens is 2. The Labute approximate surface area is 105 Å². The maximum Gasteiger partial charge on any atom is 0.252 e. The molecular weight excluding hydrogens is 236 g/mol. The Kier molecular flexibility index (Phi) is 5.86. The predicted molar refractivity (Wildman–Crippen MR) is 67.6 cm³/mol. The van der Waals surface area contributed by atoms with Crippen LogP contribution in [0.3, 0.4) is 0 Å². The van der Waals surface area contributed by atoms with Gasteiger partial charge in [0.25, 0.3) is 5.56 Å². The van der Waals surface area contributed by atoms with Gasteiger partial charge in [-0.15, -0.1) is 0 Å². The molecule has 0 fully saturated rings. The van der Waals surface area contributed by atoms with Crippen LogP contribution >= 0.6 is 0 Å². The van der Waals surface area contributed by atoms with E-state index in [9.17, 15) is 9.59 Å². The number of carbonyl (C=O) groups is 1. The molecule has 3 N–H and O–H groups in total. The Bertz CT molecular complexity index is 444. The SMILES string of the molecule is COCCNC(=O)CCNc1cc(=O)[nH]c(C)n1. The summed E-state index contributed by atoms with van der Waals surface area (Å²) in [5.41, 5.74) is -0.213. The maximum atomic E-state index is 11.3. The van der Waals surface area contributed by atoms with Crippen LogP contribution in [-0.4, -0.2) is 42.7 Å². The third-order valence-corrected chi connectivity index (χ3v) is 2.15. The molecule has 0 aliphatic rings. The molecule has 0 unspecified atom stereocenters. The van der Waals surface area contributed by atoms with Gasteiger partial charge in [0.2, 0.25) is 5.91 Å². The number of aryl methyl sites for hydroxylation is 1. The molecule has 18 heavy (non-hydrogen) atoms. The van der Waals surface area contributed by atoms with Crippen LogP contribution in [0.1, 0.15) is 12.2 Å². The summed E-state index contributed by atoms with van der Waals surface area (Å²) in [7, 11) is 1.58. The van der Waals surface area contributed by atoms with Gasteiger partial charge in [-0.25, -0.2) is 4.98 Å². The Morgan fingerprint density at radius 2 is 2.28 bits per heavy atom. The van der Waals surface area contributed by atoms with Crippen LogP contribution in [0.4, 0.5) is 5.82 Å². The number of nitrogens with one attached hydrogen (secondary N) is 3. The van der Waals surface area contributed by atoms with E-state index >= 15 is 0 Å². The second-order valence-electron chi connectivity index (χ2n) is 3.74. The molecule has 7 nitrogen and oxygen atoms in total. The number of rotatable bonds is 7. The number of hydrogen-bond acceptors (Lipinski definition) is 5. The van der Waals surface area contributed by atoms with Crippen molar-refractivity contribution < 1.29 is 9.53 Å². The van der Waals surface area contributed by atoms with E-state index in [4.69, 9.17) is 4.74 Å². The van der Waals surface area contributed by atoms with Gasteiger partial charge in [-0.05, 0) is 6.92 Å². The zero-order valence-electron chi connectivity index (χ0n) is 10.6. The summed E-state index contributed by atoms with van der Waals surface area (Å²) in [5.74, 6) is 0.941. The van der Waals surface area contributed by atoms with Crippen molar-refractivity contribution in [2.24, 2.45) is 0 Å². The van der Waals surface area contributed by atoms with Crippen LogP contribution < -0.4 is 16.2 Å². The molecule has 1 aromatic rings. The zero-order chi connectivity index (χ0) is 13.4. The standard InChI is InChI=1S/C11H18N4O3/c1-8-14-9(7-11(17)15-8)12-4-3-10(16)13-5-6-18-2/h7H,3-6H2,1-2H3,(H,13,16)(H2,12,14,15,17). The van der Waals surface area contributed by atoms with Crippen LogP contribution in [-0.2, 0) is 9.53 Å². The Balaban J connectivity index is 2.28. The first-order chi connectivity index (χ1) is 8.61. The van der Waals surface area contributed by atoms with Crippen LogP contribution in [0.25, 0.3) is 0 Å². The smallest absolute Gasteiger partial charge is 0.252 e. The van der Waals surface area contributed by atoms with E-state index in [1.165, 1.54) is 6.07 Å². The van der Waals surface area contributed by atoms with Gasteiger partial charge in [0.15, 0.2) is 0 Å². The van der Waals surface area contributed by atoms with Crippen LogP contribution in [0.5, 0.6) is 0 Å². The van der Waals surface area contributed by atoms with Crippen molar-refractivity contribution >= 4 is 11.7 Å². The highest BCUT2D eigenvalue weighted by molar-refractivity contribution is 5.76. The van der Waals surface area contributed by atoms with Gasteiger partial charge in [0, 0.05) is 32.7 Å². The fraction of sp³-hybridized carbons (Fsp3) is 0.545. The van der Waals surface area contributed by atoms with E-state index in [0.29, 0.717) is 37.8 Å². The third-order valence-electron chi connectivity index (χ3n) is 2.15. The lowest BCUT2D eigenvalue weighted by atomic mass is 10.4. The first kappa shape index (κ1) is 14.2. The van der Waals surface area contributed by atoms with Gasteiger partial charge in [-0.1, -0.05) is 0 Å². The first-order valence-corrected chi connectivity index (χ1v) is 5.69. The highest BCUT2D eigenvalue weighted by atomic mass is 16.5. The van der Waals surface area contributed by atoms with E-state index in [-0.39, 0.29) is 11.5 Å². The first-order valence-electron chi connectivity index (χ1n) is 5.69. The van der Waals surface area contributed by atoms with Crippen molar-refractivity contribution in [2.75, 3.05) is 32.1 Å². The molecule has 0 saturated heterocycles. The minimum absolute atomic E-state index is 0.0684. The van der Waals surface area contributed by atoms with E-state index in [1.54, 1.807) is 14.0 Å². The van der Waals surface area contributed by atoms with E-state index in [1.807, 2.05) is 0 Å². The van der Waals surface area contributed by atoms with E-state index in [2.05, 4.69) is 20.6 Å². The summed E-state index contributed by atoms with van der Waals surface area (Å²) in [4.78, 5) is 29.1. The van der Waals surface area contributed by atoms with Crippen molar-refractivity contribution in [3.63, 3.8) is 0 Å². The number of carbonyl (C=O) groups excluding carboxylic acids is 1. The molecule has 7 heteroatoms. The minimum atomic E-state index is -0.213. The molecule has 1 amide bonds. The van der Waals surface area contributed by atoms with Crippen LogP contribution in [0.2, 0.25) is 0 Å². The van der Waals surface area contributed by atoms with Crippen molar-refractivity contribution in [3.05, 3.63) is 22.2 Å². The summed E-state index contributed by atoms with van der Waals surface area (Å²) in [6.45, 7) is 3.12. The van der Waals surface area contributed by atoms with Crippen molar-refractivity contribution in [2.45, 2.75) is 13.3 Å². The maximum absolute atomic E-state index is 11.3. The van der Waals surface area contributed by atoms with Crippen LogP contribution in [0.15, 0.2) is 10.9 Å². The van der Waals surface area contributed by atoms with Gasteiger partial charge in [0.05, 0.1) is 6.61 Å². The number of hydrogen-bond donors (Lipinski definition) is 3. The highest BCUT2D eigenvalue weighted by Gasteiger charge is 2.01. The van der Waals surface area contributed by atoms with Gasteiger partial charge in [-0.2, -0.15) is 0 Å². The highest BCUT2D eigenvalue weighted by Crippen LogP contribution is 1.97. The van der Waals surface area contributed by atoms with Gasteiger partial charge < -0.3 is 20.4 Å². The molecule has 0 atom stereocenters. The molecule has 0 bridgehead atoms. The van der Waals surface area contributed by atoms with Crippen molar-refractivity contribution in [1.82, 2.24) is 15.3 Å². The van der Waals surface area contributed by atoms with Crippen molar-refractivity contribution in [1.29, 1.82) is 0 Å². The number of ether oxygens (including phenoxy) is 1. The lowest BCUT2D eigenvalue weighted by Crippen LogP contribution is -2.28. The Hall–Kier alpha value is -1.89. The van der Waals surface area contributed by atoms with Crippen molar-refractivity contribution in [3.8, 4) is 0 Å².